The summed E-state index contributed by atoms with van der Waals surface area (Å²) in [5.74, 6) is 0. The largest absolute Gasteiger partial charge is 0.274 e. The van der Waals surface area contributed by atoms with Crippen LogP contribution in [0.25, 0.3) is 151 Å². The van der Waals surface area contributed by atoms with Gasteiger partial charge in [-0.15, -0.1) is 0 Å². The van der Waals surface area contributed by atoms with Gasteiger partial charge in [-0.3, -0.25) is 56.6 Å². The summed E-state index contributed by atoms with van der Waals surface area (Å²) in [6.07, 6.45) is 75.1. The van der Waals surface area contributed by atoms with E-state index >= 15 is 38.4 Å². The molecular weight excluding hydrogens is 1770 g/mol. The highest BCUT2D eigenvalue weighted by molar-refractivity contribution is 6.59. The van der Waals surface area contributed by atoms with E-state index in [-0.39, 0.29) is 89.4 Å². The van der Waals surface area contributed by atoms with E-state index in [2.05, 4.69) is 27.7 Å². The van der Waals surface area contributed by atoms with Crippen molar-refractivity contribution in [2.45, 2.75) is 465 Å². The Labute approximate surface area is 825 Å². The molecule has 4 aromatic heterocycles. The van der Waals surface area contributed by atoms with Crippen molar-refractivity contribution in [3.63, 3.8) is 0 Å². The second-order valence-electron chi connectivity index (χ2n) is 41.8. The van der Waals surface area contributed by atoms with Crippen molar-refractivity contribution in [1.29, 1.82) is 0 Å². The van der Waals surface area contributed by atoms with E-state index in [1.165, 1.54) is 301 Å². The smallest absolute Gasteiger partial charge is 0.261 e. The average Bonchev–Trinajstić information content (AvgIpc) is 0.654. The quantitative estimate of drug-likeness (QED) is 0.0207. The molecule has 0 radical (unpaired) electrons. The summed E-state index contributed by atoms with van der Waals surface area (Å²) in [6, 6.07) is 14.2. The molecule has 0 saturated heterocycles. The first-order chi connectivity index (χ1) is 66.6. The normalized spacial score (nSPS) is 12.6. The average molecular weight is 1920 g/mol. The first-order valence-electron chi connectivity index (χ1n) is 55.4. The van der Waals surface area contributed by atoms with Crippen molar-refractivity contribution in [2.24, 2.45) is 0 Å². The molecule has 11 aromatic carbocycles. The Balaban J connectivity index is 0.872. The molecule has 0 bridgehead atoms. The molecule has 15 rings (SSSR count). The van der Waals surface area contributed by atoms with Crippen LogP contribution in [0.3, 0.4) is 0 Å². The van der Waals surface area contributed by atoms with E-state index in [1.54, 1.807) is 24.3 Å². The highest BCUT2D eigenvalue weighted by Crippen LogP contribution is 2.58. The van der Waals surface area contributed by atoms with Gasteiger partial charge in [0.25, 0.3) is 44.5 Å². The minimum absolute atomic E-state index is 0.158. The number of hydrogen-bond acceptors (Lipinski definition) is 8. The van der Waals surface area contributed by atoms with Crippen molar-refractivity contribution in [2.75, 3.05) is 0 Å². The van der Waals surface area contributed by atoms with Crippen LogP contribution in [0.15, 0.2) is 86.9 Å². The summed E-state index contributed by atoms with van der Waals surface area (Å²) < 4.78 is 5.50. The van der Waals surface area contributed by atoms with Crippen molar-refractivity contribution < 1.29 is 0 Å². The van der Waals surface area contributed by atoms with E-state index in [1.807, 2.05) is 24.3 Å². The molecule has 0 atom stereocenters. The predicted molar refractivity (Wildman–Crippen MR) is 590 cm³/mol. The number of fused-ring (bicyclic) bond motifs is 4. The molecule has 16 heteroatoms. The third-order valence-electron chi connectivity index (χ3n) is 31.8. The Morgan fingerprint density at radius 1 is 0.140 bits per heavy atom. The Morgan fingerprint density at radius 3 is 0.390 bits per heavy atom. The first-order valence-corrected chi connectivity index (χ1v) is 56.9. The lowest BCUT2D eigenvalue weighted by Crippen LogP contribution is -2.34. The Bertz CT molecular complexity index is 6160. The molecule has 0 fully saturated rings. The summed E-state index contributed by atoms with van der Waals surface area (Å²) in [5, 5.41) is 11.4. The number of halogens is 4. The molecule has 0 N–H and O–H groups in total. The van der Waals surface area contributed by atoms with E-state index in [0.717, 1.165) is 103 Å². The summed E-state index contributed by atoms with van der Waals surface area (Å²) in [6.45, 7) is 9.70. The van der Waals surface area contributed by atoms with E-state index in [0.29, 0.717) is 133 Å². The van der Waals surface area contributed by atoms with Gasteiger partial charge in [0.1, 0.15) is 0 Å². The van der Waals surface area contributed by atoms with Gasteiger partial charge < -0.3 is 0 Å². The Morgan fingerprint density at radius 2 is 0.257 bits per heavy atom. The molecule has 0 aliphatic carbocycles. The van der Waals surface area contributed by atoms with Crippen LogP contribution in [0, 0.1) is 0 Å². The highest BCUT2D eigenvalue weighted by Gasteiger charge is 2.35. The maximum atomic E-state index is 16.4. The monoisotopic (exact) mass is 1920 g/mol. The predicted octanol–water partition coefficient (Wildman–Crippen LogP) is 35.6. The van der Waals surface area contributed by atoms with Gasteiger partial charge >= 0.3 is 0 Å². The lowest BCUT2D eigenvalue weighted by molar-refractivity contribution is 0.517. The van der Waals surface area contributed by atoms with Crippen LogP contribution in [-0.4, -0.2) is 18.3 Å². The second-order valence-corrected chi connectivity index (χ2v) is 43.4. The zero-order valence-electron chi connectivity index (χ0n) is 83.3. The summed E-state index contributed by atoms with van der Waals surface area (Å²) >= 11 is 32.1. The molecule has 4 heterocycles. The lowest BCUT2D eigenvalue weighted by Gasteiger charge is -2.26. The number of aromatic nitrogens is 4. The van der Waals surface area contributed by atoms with Gasteiger partial charge in [0.05, 0.1) is 21.5 Å². The van der Waals surface area contributed by atoms with Crippen LogP contribution in [0.1, 0.15) is 439 Å². The molecule has 0 saturated carbocycles. The molecule has 0 aliphatic heterocycles. The van der Waals surface area contributed by atoms with Crippen molar-refractivity contribution in [3.05, 3.63) is 151 Å². The molecule has 0 aliphatic rings. The van der Waals surface area contributed by atoms with Crippen LogP contribution in [-0.2, 0) is 26.2 Å². The van der Waals surface area contributed by atoms with Gasteiger partial charge in [-0.25, -0.2) is 0 Å². The molecular formula is C120H156Cl4N4O8. The van der Waals surface area contributed by atoms with Crippen LogP contribution in [0.5, 0.6) is 0 Å². The van der Waals surface area contributed by atoms with E-state index < -0.39 is 44.5 Å². The van der Waals surface area contributed by atoms with Gasteiger partial charge in [0, 0.05) is 132 Å². The van der Waals surface area contributed by atoms with Crippen LogP contribution in [0.2, 0.25) is 20.1 Å². The molecule has 0 unspecified atom stereocenters. The molecule has 12 nitrogen and oxygen atoms in total. The first kappa shape index (κ1) is 103. The van der Waals surface area contributed by atoms with Crippen LogP contribution < -0.4 is 44.5 Å². The zero-order valence-corrected chi connectivity index (χ0v) is 86.3. The van der Waals surface area contributed by atoms with Crippen molar-refractivity contribution >= 4 is 197 Å². The summed E-state index contributed by atoms with van der Waals surface area (Å²) in [4.78, 5) is 129. The topological polar surface area (TPSA) is 156 Å². The van der Waals surface area contributed by atoms with Gasteiger partial charge in [-0.2, -0.15) is 0 Å². The standard InChI is InChI=1S/C120H156Cl4N4O8/c1-5-9-13-17-21-25-29-33-37-41-45-49-53-57-61-65-69-125-113(129)85-73-81-82-74-86-98-91(119(135)126(114(86)130)70-66-62-58-54-50-46-42-38-34-30-26-22-18-14-10-6-2)79-95(123)107-108-96(124)80-92-100-88(116(132)128(120(92)136)72-68-64-60-56-52-48-44-40-36-32-28-24-20-16-12-8-4)76-84(104(112(100)108)102(82)110(98)107)83-75-87-99-90(78-94(122)106-105-93(121)77-89(117(125)133)97(85)109(105)101(81)103(83)111(99)106)118(134)127(115(87)131)71-67-63-59-55-51-47-43-39-35-31-27-23-19-15-11-7-3/h73-80H,5-72H2,1-4H3. The maximum Gasteiger partial charge on any atom is 0.261 e. The molecule has 0 spiro atoms. The Kier molecular flexibility index (Phi) is 38.4. The number of benzene rings is 10. The number of pyridine rings is 4. The van der Waals surface area contributed by atoms with Crippen LogP contribution >= 0.6 is 46.4 Å². The third kappa shape index (κ3) is 22.7. The second kappa shape index (κ2) is 50.8. The van der Waals surface area contributed by atoms with Crippen molar-refractivity contribution in [3.8, 4) is 0 Å². The lowest BCUT2D eigenvalue weighted by atomic mass is 9.78. The zero-order chi connectivity index (χ0) is 95.1. The minimum Gasteiger partial charge on any atom is -0.274 e. The van der Waals surface area contributed by atoms with Gasteiger partial charge in [0.2, 0.25) is 0 Å². The van der Waals surface area contributed by atoms with Gasteiger partial charge in [-0.05, 0) is 117 Å². The molecule has 0 amide bonds. The number of hydrogen-bond donors (Lipinski definition) is 0. The number of nitrogens with zero attached hydrogens (tertiary/aromatic N) is 4. The number of rotatable bonds is 68. The third-order valence-corrected chi connectivity index (χ3v) is 32.9. The maximum absolute atomic E-state index is 16.4. The van der Waals surface area contributed by atoms with Gasteiger partial charge in [0.15, 0.2) is 0 Å². The SMILES string of the molecule is CCCCCCCCCCCCCCCCCCn1c(=O)c2cc(Cl)c3c4c(Cl)cc5c(=O)n(CCCCCCCCCCCCCCCCCC)c(=O)c6cc7c8cc9c(=O)n(CCCCCCCCCCCCCCCCCC)c(=O)c%10cc(Cl)c%11c%12c(Cl)cc%13c(=O)n(CCCCCCCCCCCCCCCCCC)c(=O)c%14cc(c%15cc(c1=O)c2c3c%15c7c4c56)c(c8c%11c%109)c%12c%13%14. The Hall–Kier alpha value is -7.48. The fraction of sp³-hybridized carbons (Fsp3) is 0.600. The van der Waals surface area contributed by atoms with Crippen molar-refractivity contribution in [1.82, 2.24) is 18.3 Å². The molecule has 15 aromatic rings. The number of unbranched alkanes of at least 4 members (excludes halogenated alkanes) is 60. The van der Waals surface area contributed by atoms with Gasteiger partial charge in [-0.1, -0.05) is 459 Å². The van der Waals surface area contributed by atoms with E-state index in [4.69, 9.17) is 46.4 Å². The fourth-order valence-corrected chi connectivity index (χ4v) is 25.4. The highest BCUT2D eigenvalue weighted by atomic mass is 35.5. The van der Waals surface area contributed by atoms with E-state index in [9.17, 15) is 0 Å². The molecule has 136 heavy (non-hydrogen) atoms. The minimum atomic E-state index is -0.495. The summed E-state index contributed by atoms with van der Waals surface area (Å²) in [5.41, 5.74) is -3.90. The fourth-order valence-electron chi connectivity index (χ4n) is 24.2. The molecule has 732 valence electrons. The summed E-state index contributed by atoms with van der Waals surface area (Å²) in [7, 11) is 0. The van der Waals surface area contributed by atoms with Crippen LogP contribution in [0.4, 0.5) is 0 Å².